The minimum absolute atomic E-state index is 0.875. The van der Waals surface area contributed by atoms with Crippen molar-refractivity contribution >= 4 is 34.8 Å². The Balaban J connectivity index is 2.50. The predicted octanol–water partition coefficient (Wildman–Crippen LogP) is 4.31. The quantitative estimate of drug-likeness (QED) is 0.319. The van der Waals surface area contributed by atoms with Crippen molar-refractivity contribution in [3.05, 3.63) is 24.3 Å². The zero-order chi connectivity index (χ0) is 10.2. The Morgan fingerprint density at radius 2 is 2.07 bits per heavy atom. The molecule has 0 fully saturated rings. The minimum atomic E-state index is 0.875. The molecule has 0 unspecified atom stereocenters. The molecule has 0 atom stereocenters. The first-order chi connectivity index (χ1) is 6.86. The molecule has 0 amide bonds. The number of rotatable bonds is 5. The number of thiocarbonyl (C=S) groups is 1. The van der Waals surface area contributed by atoms with Crippen LogP contribution in [0.1, 0.15) is 19.8 Å². The molecule has 0 saturated carbocycles. The van der Waals surface area contributed by atoms with Crippen LogP contribution < -0.4 is 0 Å². The molecule has 3 heteroatoms. The fourth-order valence-electron chi connectivity index (χ4n) is 1.00. The molecule has 0 aliphatic heterocycles. The highest BCUT2D eigenvalue weighted by molar-refractivity contribution is 7.99. The molecule has 1 rings (SSSR count). The van der Waals surface area contributed by atoms with Gasteiger partial charge in [-0.25, -0.2) is 0 Å². The van der Waals surface area contributed by atoms with Crippen LogP contribution in [0.2, 0.25) is 0 Å². The van der Waals surface area contributed by atoms with Crippen molar-refractivity contribution in [2.24, 2.45) is 4.99 Å². The second-order valence-electron chi connectivity index (χ2n) is 2.90. The van der Waals surface area contributed by atoms with Crippen LogP contribution >= 0.6 is 24.0 Å². The summed E-state index contributed by atoms with van der Waals surface area (Å²) in [4.78, 5) is 5.19. The van der Waals surface area contributed by atoms with Gasteiger partial charge in [0.25, 0.3) is 0 Å². The summed E-state index contributed by atoms with van der Waals surface area (Å²) in [7, 11) is 0. The number of unbranched alkanes of at least 4 members (excludes halogenated alkanes) is 1. The maximum Gasteiger partial charge on any atom is 0.0740 e. The number of isothiocyanates is 1. The molecule has 0 spiro atoms. The van der Waals surface area contributed by atoms with Crippen molar-refractivity contribution in [3.8, 4) is 0 Å². The summed E-state index contributed by atoms with van der Waals surface area (Å²) >= 11 is 6.41. The topological polar surface area (TPSA) is 12.4 Å². The van der Waals surface area contributed by atoms with Crippen LogP contribution in [0.15, 0.2) is 34.2 Å². The summed E-state index contributed by atoms with van der Waals surface area (Å²) in [6, 6.07) is 8.08. The average molecular weight is 223 g/mol. The molecule has 0 bridgehead atoms. The van der Waals surface area contributed by atoms with E-state index in [1.165, 1.54) is 23.5 Å². The molecule has 0 heterocycles. The third-order valence-corrected chi connectivity index (χ3v) is 2.97. The van der Waals surface area contributed by atoms with Gasteiger partial charge in [-0.05, 0) is 48.7 Å². The van der Waals surface area contributed by atoms with Gasteiger partial charge < -0.3 is 0 Å². The maximum atomic E-state index is 4.53. The van der Waals surface area contributed by atoms with Crippen LogP contribution in [0.4, 0.5) is 5.69 Å². The van der Waals surface area contributed by atoms with E-state index in [0.717, 1.165) is 5.69 Å². The first-order valence-electron chi connectivity index (χ1n) is 4.67. The van der Waals surface area contributed by atoms with Crippen molar-refractivity contribution in [1.82, 2.24) is 0 Å². The number of hydrogen-bond acceptors (Lipinski definition) is 3. The molecule has 0 N–H and O–H groups in total. The first-order valence-corrected chi connectivity index (χ1v) is 6.07. The van der Waals surface area contributed by atoms with Crippen molar-refractivity contribution < 1.29 is 0 Å². The third kappa shape index (κ3) is 4.05. The van der Waals surface area contributed by atoms with Gasteiger partial charge in [0.15, 0.2) is 0 Å². The van der Waals surface area contributed by atoms with Crippen LogP contribution in [0.25, 0.3) is 0 Å². The lowest BCUT2D eigenvalue weighted by molar-refractivity contribution is 0.896. The number of nitrogens with zero attached hydrogens (tertiary/aromatic N) is 1. The summed E-state index contributed by atoms with van der Waals surface area (Å²) < 4.78 is 0. The Morgan fingerprint density at radius 1 is 1.36 bits per heavy atom. The van der Waals surface area contributed by atoms with Gasteiger partial charge in [-0.2, -0.15) is 4.99 Å². The number of hydrogen-bond donors (Lipinski definition) is 0. The van der Waals surface area contributed by atoms with Crippen LogP contribution in [-0.2, 0) is 0 Å². The normalized spacial score (nSPS) is 9.50. The van der Waals surface area contributed by atoms with E-state index in [4.69, 9.17) is 0 Å². The summed E-state index contributed by atoms with van der Waals surface area (Å²) in [5.41, 5.74) is 0.875. The second-order valence-corrected chi connectivity index (χ2v) is 4.25. The van der Waals surface area contributed by atoms with E-state index >= 15 is 0 Å². The standard InChI is InChI=1S/C11H13NS2/c1-2-3-8-14-11-6-4-10(5-7-11)12-9-13/h4-7H,2-3,8H2,1H3. The van der Waals surface area contributed by atoms with Gasteiger partial charge in [-0.15, -0.1) is 11.8 Å². The molecule has 0 saturated heterocycles. The monoisotopic (exact) mass is 223 g/mol. The van der Waals surface area contributed by atoms with Crippen molar-refractivity contribution in [2.75, 3.05) is 5.75 Å². The van der Waals surface area contributed by atoms with Crippen LogP contribution in [-0.4, -0.2) is 10.9 Å². The lowest BCUT2D eigenvalue weighted by Crippen LogP contribution is -1.77. The average Bonchev–Trinajstić information content (AvgIpc) is 2.21. The third-order valence-electron chi connectivity index (χ3n) is 1.78. The SMILES string of the molecule is CCCCSc1ccc(N=C=S)cc1. The molecule has 1 aromatic carbocycles. The summed E-state index contributed by atoms with van der Waals surface area (Å²) in [6.45, 7) is 2.21. The van der Waals surface area contributed by atoms with E-state index in [-0.39, 0.29) is 0 Å². The van der Waals surface area contributed by atoms with E-state index in [9.17, 15) is 0 Å². The summed E-state index contributed by atoms with van der Waals surface area (Å²) in [5.74, 6) is 1.19. The van der Waals surface area contributed by atoms with Crippen LogP contribution in [0.3, 0.4) is 0 Å². The molecular formula is C11H13NS2. The lowest BCUT2D eigenvalue weighted by Gasteiger charge is -1.99. The van der Waals surface area contributed by atoms with Gasteiger partial charge in [0.2, 0.25) is 0 Å². The van der Waals surface area contributed by atoms with Gasteiger partial charge in [0, 0.05) is 4.90 Å². The molecule has 74 valence electrons. The highest BCUT2D eigenvalue weighted by Gasteiger charge is 1.93. The lowest BCUT2D eigenvalue weighted by atomic mass is 10.3. The van der Waals surface area contributed by atoms with E-state index in [2.05, 4.69) is 41.4 Å². The van der Waals surface area contributed by atoms with E-state index in [0.29, 0.717) is 0 Å². The molecule has 0 radical (unpaired) electrons. The fraction of sp³-hybridized carbons (Fsp3) is 0.364. The second kappa shape index (κ2) is 6.77. The molecular weight excluding hydrogens is 210 g/mol. The van der Waals surface area contributed by atoms with Gasteiger partial charge in [-0.3, -0.25) is 0 Å². The summed E-state index contributed by atoms with van der Waals surface area (Å²) in [5, 5.41) is 2.36. The van der Waals surface area contributed by atoms with Crippen molar-refractivity contribution in [2.45, 2.75) is 24.7 Å². The Morgan fingerprint density at radius 3 is 2.64 bits per heavy atom. The molecule has 0 aliphatic rings. The van der Waals surface area contributed by atoms with Crippen molar-refractivity contribution in [1.29, 1.82) is 0 Å². The Hall–Kier alpha value is -0.630. The summed E-state index contributed by atoms with van der Waals surface area (Å²) in [6.07, 6.45) is 2.52. The van der Waals surface area contributed by atoms with Crippen LogP contribution in [0, 0.1) is 0 Å². The zero-order valence-corrected chi connectivity index (χ0v) is 9.83. The maximum absolute atomic E-state index is 4.53. The van der Waals surface area contributed by atoms with E-state index in [1.807, 2.05) is 23.9 Å². The Bertz CT molecular complexity index is 313. The predicted molar refractivity (Wildman–Crippen MR) is 66.8 cm³/mol. The molecule has 1 aromatic rings. The molecule has 14 heavy (non-hydrogen) atoms. The van der Waals surface area contributed by atoms with Gasteiger partial charge in [0.05, 0.1) is 10.8 Å². The fourth-order valence-corrected chi connectivity index (χ4v) is 2.11. The van der Waals surface area contributed by atoms with E-state index < -0.39 is 0 Å². The zero-order valence-electron chi connectivity index (χ0n) is 8.19. The highest BCUT2D eigenvalue weighted by atomic mass is 32.2. The first kappa shape index (κ1) is 11.4. The van der Waals surface area contributed by atoms with Gasteiger partial charge >= 0.3 is 0 Å². The molecule has 0 aromatic heterocycles. The van der Waals surface area contributed by atoms with Gasteiger partial charge in [-0.1, -0.05) is 13.3 Å². The highest BCUT2D eigenvalue weighted by Crippen LogP contribution is 2.22. The van der Waals surface area contributed by atoms with Gasteiger partial charge in [0.1, 0.15) is 0 Å². The van der Waals surface area contributed by atoms with E-state index in [1.54, 1.807) is 0 Å². The van der Waals surface area contributed by atoms with Crippen molar-refractivity contribution in [3.63, 3.8) is 0 Å². The number of thioether (sulfide) groups is 1. The molecule has 1 nitrogen and oxygen atoms in total. The smallest absolute Gasteiger partial charge is 0.0740 e. The Kier molecular flexibility index (Phi) is 5.53. The minimum Gasteiger partial charge on any atom is -0.195 e. The molecule has 0 aliphatic carbocycles. The Labute approximate surface area is 94.6 Å². The number of benzene rings is 1. The number of aliphatic imine (C=N–C) groups is 1. The van der Waals surface area contributed by atoms with Crippen LogP contribution in [0.5, 0.6) is 0 Å². The largest absolute Gasteiger partial charge is 0.195 e.